The molecule has 22 heavy (non-hydrogen) atoms. The molecule has 5 nitrogen and oxygen atoms in total. The van der Waals surface area contributed by atoms with Crippen LogP contribution in [-0.4, -0.2) is 16.7 Å². The maximum atomic E-state index is 5.28. The van der Waals surface area contributed by atoms with Gasteiger partial charge in [-0.25, -0.2) is 0 Å². The van der Waals surface area contributed by atoms with E-state index < -0.39 is 0 Å². The van der Waals surface area contributed by atoms with Gasteiger partial charge in [0, 0.05) is 12.0 Å². The van der Waals surface area contributed by atoms with Crippen LogP contribution in [-0.2, 0) is 19.4 Å². The predicted octanol–water partition coefficient (Wildman–Crippen LogP) is 3.22. The maximum absolute atomic E-state index is 5.28. The van der Waals surface area contributed by atoms with Gasteiger partial charge in [-0.15, -0.1) is 0 Å². The highest BCUT2D eigenvalue weighted by Crippen LogP contribution is 2.18. The molecular formula is C17H19N3O2. The smallest absolute Gasteiger partial charge is 0.257 e. The zero-order valence-corrected chi connectivity index (χ0v) is 12.6. The average molecular weight is 297 g/mol. The molecule has 0 fully saturated rings. The lowest BCUT2D eigenvalue weighted by molar-refractivity contribution is 0.423. The quantitative estimate of drug-likeness (QED) is 0.678. The molecule has 2 heterocycles. The molecule has 0 aliphatic carbocycles. The number of aromatic nitrogens is 2. The van der Waals surface area contributed by atoms with Crippen molar-refractivity contribution in [3.63, 3.8) is 0 Å². The molecule has 0 aliphatic heterocycles. The summed E-state index contributed by atoms with van der Waals surface area (Å²) in [5.41, 5.74) is 2.23. The van der Waals surface area contributed by atoms with Crippen LogP contribution in [0.2, 0.25) is 0 Å². The Labute approximate surface area is 129 Å². The number of furan rings is 1. The molecule has 0 radical (unpaired) electrons. The first-order chi connectivity index (χ1) is 10.8. The van der Waals surface area contributed by atoms with Gasteiger partial charge in [0.05, 0.1) is 12.8 Å². The van der Waals surface area contributed by atoms with Crippen molar-refractivity contribution in [3.8, 4) is 11.5 Å². The Bertz CT molecular complexity index is 687. The second-order valence-corrected chi connectivity index (χ2v) is 5.07. The molecule has 0 saturated carbocycles. The summed E-state index contributed by atoms with van der Waals surface area (Å²) < 4.78 is 10.5. The van der Waals surface area contributed by atoms with E-state index in [1.807, 2.05) is 31.2 Å². The fraction of sp³-hybridized carbons (Fsp3) is 0.294. The fourth-order valence-electron chi connectivity index (χ4n) is 2.19. The molecule has 0 unspecified atom stereocenters. The zero-order chi connectivity index (χ0) is 15.2. The van der Waals surface area contributed by atoms with Crippen molar-refractivity contribution in [1.82, 2.24) is 15.5 Å². The Hall–Kier alpha value is -2.40. The molecule has 2 aromatic heterocycles. The Morgan fingerprint density at radius 3 is 2.68 bits per heavy atom. The summed E-state index contributed by atoms with van der Waals surface area (Å²) in [5, 5.41) is 7.27. The number of aryl methyl sites for hydroxylation is 1. The van der Waals surface area contributed by atoms with Gasteiger partial charge in [-0.3, -0.25) is 0 Å². The molecule has 0 amide bonds. The summed E-state index contributed by atoms with van der Waals surface area (Å²) >= 11 is 0. The molecule has 0 aliphatic rings. The van der Waals surface area contributed by atoms with Gasteiger partial charge >= 0.3 is 0 Å². The third kappa shape index (κ3) is 3.62. The third-order valence-electron chi connectivity index (χ3n) is 3.45. The van der Waals surface area contributed by atoms with Gasteiger partial charge < -0.3 is 14.3 Å². The molecule has 0 bridgehead atoms. The van der Waals surface area contributed by atoms with Crippen LogP contribution in [0.25, 0.3) is 11.5 Å². The molecule has 5 heteroatoms. The molecule has 1 N–H and O–H groups in total. The summed E-state index contributed by atoms with van der Waals surface area (Å²) in [6.45, 7) is 3.67. The van der Waals surface area contributed by atoms with E-state index in [9.17, 15) is 0 Å². The molecule has 0 saturated heterocycles. The van der Waals surface area contributed by atoms with Crippen molar-refractivity contribution in [2.45, 2.75) is 26.3 Å². The molecule has 3 rings (SSSR count). The summed E-state index contributed by atoms with van der Waals surface area (Å²) in [5.74, 6) is 2.28. The summed E-state index contributed by atoms with van der Waals surface area (Å²) in [4.78, 5) is 4.33. The summed E-state index contributed by atoms with van der Waals surface area (Å²) in [6, 6.07) is 12.1. The van der Waals surface area contributed by atoms with Crippen LogP contribution in [0, 0.1) is 0 Å². The lowest BCUT2D eigenvalue weighted by Crippen LogP contribution is -2.16. The molecule has 0 spiro atoms. The largest absolute Gasteiger partial charge is 0.468 e. The van der Waals surface area contributed by atoms with Crippen molar-refractivity contribution in [3.05, 3.63) is 59.8 Å². The van der Waals surface area contributed by atoms with Gasteiger partial charge in [0.25, 0.3) is 5.89 Å². The van der Waals surface area contributed by atoms with Gasteiger partial charge in [-0.05, 0) is 42.8 Å². The number of nitrogens with one attached hydrogen (secondary N) is 1. The lowest BCUT2D eigenvalue weighted by atomic mass is 10.1. The van der Waals surface area contributed by atoms with Gasteiger partial charge in [-0.2, -0.15) is 4.98 Å². The molecule has 114 valence electrons. The van der Waals surface area contributed by atoms with E-state index in [0.29, 0.717) is 5.89 Å². The van der Waals surface area contributed by atoms with Gasteiger partial charge in [0.15, 0.2) is 5.82 Å². The number of benzene rings is 1. The van der Waals surface area contributed by atoms with Crippen molar-refractivity contribution in [1.29, 1.82) is 0 Å². The van der Waals surface area contributed by atoms with Crippen LogP contribution < -0.4 is 5.32 Å². The zero-order valence-electron chi connectivity index (χ0n) is 12.6. The monoisotopic (exact) mass is 297 g/mol. The van der Waals surface area contributed by atoms with Crippen LogP contribution in [0.1, 0.15) is 24.1 Å². The van der Waals surface area contributed by atoms with Crippen LogP contribution in [0.15, 0.2) is 51.6 Å². The van der Waals surface area contributed by atoms with Crippen molar-refractivity contribution < 1.29 is 8.94 Å². The van der Waals surface area contributed by atoms with Crippen LogP contribution in [0.5, 0.6) is 0 Å². The SMILES string of the molecule is CCc1noc(-c2ccc(CCNCc3ccco3)cc2)n1. The Kier molecular flexibility index (Phi) is 4.65. The minimum absolute atomic E-state index is 0.583. The third-order valence-corrected chi connectivity index (χ3v) is 3.45. The van der Waals surface area contributed by atoms with Crippen molar-refractivity contribution >= 4 is 0 Å². The van der Waals surface area contributed by atoms with E-state index in [0.717, 1.165) is 43.1 Å². The lowest BCUT2D eigenvalue weighted by Gasteiger charge is -2.04. The first-order valence-electron chi connectivity index (χ1n) is 7.50. The Balaban J connectivity index is 1.50. The van der Waals surface area contributed by atoms with Crippen LogP contribution >= 0.6 is 0 Å². The van der Waals surface area contributed by atoms with Gasteiger partial charge in [0.2, 0.25) is 0 Å². The minimum atomic E-state index is 0.583. The van der Waals surface area contributed by atoms with E-state index in [1.54, 1.807) is 6.26 Å². The maximum Gasteiger partial charge on any atom is 0.257 e. The number of hydrogen-bond donors (Lipinski definition) is 1. The Morgan fingerprint density at radius 1 is 1.14 bits per heavy atom. The highest BCUT2D eigenvalue weighted by molar-refractivity contribution is 5.53. The summed E-state index contributed by atoms with van der Waals surface area (Å²) in [6.07, 6.45) is 3.44. The van der Waals surface area contributed by atoms with Gasteiger partial charge in [-0.1, -0.05) is 24.2 Å². The minimum Gasteiger partial charge on any atom is -0.468 e. The molecule has 3 aromatic rings. The van der Waals surface area contributed by atoms with E-state index in [1.165, 1.54) is 5.56 Å². The second-order valence-electron chi connectivity index (χ2n) is 5.07. The summed E-state index contributed by atoms with van der Waals surface area (Å²) in [7, 11) is 0. The highest BCUT2D eigenvalue weighted by Gasteiger charge is 2.07. The fourth-order valence-corrected chi connectivity index (χ4v) is 2.19. The molecule has 0 atom stereocenters. The van der Waals surface area contributed by atoms with E-state index >= 15 is 0 Å². The first-order valence-corrected chi connectivity index (χ1v) is 7.50. The second kappa shape index (κ2) is 7.04. The van der Waals surface area contributed by atoms with Crippen LogP contribution in [0.4, 0.5) is 0 Å². The standard InChI is InChI=1S/C17H19N3O2/c1-2-16-19-17(22-20-16)14-7-5-13(6-8-14)9-10-18-12-15-4-3-11-21-15/h3-8,11,18H,2,9-10,12H2,1H3. The van der Waals surface area contributed by atoms with Crippen LogP contribution in [0.3, 0.4) is 0 Å². The average Bonchev–Trinajstić information content (AvgIpc) is 3.23. The van der Waals surface area contributed by atoms with E-state index in [-0.39, 0.29) is 0 Å². The van der Waals surface area contributed by atoms with Crippen molar-refractivity contribution in [2.24, 2.45) is 0 Å². The van der Waals surface area contributed by atoms with E-state index in [4.69, 9.17) is 8.94 Å². The molecular weight excluding hydrogens is 278 g/mol. The number of hydrogen-bond acceptors (Lipinski definition) is 5. The van der Waals surface area contributed by atoms with Crippen molar-refractivity contribution in [2.75, 3.05) is 6.54 Å². The normalized spacial score (nSPS) is 11.0. The highest BCUT2D eigenvalue weighted by atomic mass is 16.5. The first kappa shape index (κ1) is 14.5. The topological polar surface area (TPSA) is 64.1 Å². The Morgan fingerprint density at radius 2 is 2.00 bits per heavy atom. The number of nitrogens with zero attached hydrogens (tertiary/aromatic N) is 2. The predicted molar refractivity (Wildman–Crippen MR) is 83.2 cm³/mol. The molecule has 1 aromatic carbocycles. The van der Waals surface area contributed by atoms with Gasteiger partial charge in [0.1, 0.15) is 5.76 Å². The van der Waals surface area contributed by atoms with E-state index in [2.05, 4.69) is 27.6 Å². The number of rotatable bonds is 7.